The van der Waals surface area contributed by atoms with Crippen molar-refractivity contribution in [2.24, 2.45) is 5.92 Å². The number of benzene rings is 1. The molecule has 2 aliphatic heterocycles. The van der Waals surface area contributed by atoms with Crippen molar-refractivity contribution >= 4 is 34.7 Å². The van der Waals surface area contributed by atoms with Crippen LogP contribution in [0.15, 0.2) is 41.1 Å². The molecule has 0 saturated carbocycles. The van der Waals surface area contributed by atoms with Gasteiger partial charge in [0.25, 0.3) is 5.91 Å². The number of amides is 3. The SMILES string of the molecule is O=C(NCCN1CCN(C(=O)c2ccsc2)CC1)C1CC(=O)N(c2ccc(F)cc2)C1. The van der Waals surface area contributed by atoms with Crippen LogP contribution in [0.5, 0.6) is 0 Å². The topological polar surface area (TPSA) is 73.0 Å². The first-order valence-electron chi connectivity index (χ1n) is 10.4. The van der Waals surface area contributed by atoms with E-state index in [0.717, 1.165) is 18.7 Å². The Labute approximate surface area is 184 Å². The Balaban J connectivity index is 1.18. The predicted molar refractivity (Wildman–Crippen MR) is 117 cm³/mol. The molecule has 0 spiro atoms. The molecule has 9 heteroatoms. The van der Waals surface area contributed by atoms with E-state index >= 15 is 0 Å². The Kier molecular flexibility index (Phi) is 6.62. The fraction of sp³-hybridized carbons (Fsp3) is 0.409. The van der Waals surface area contributed by atoms with Crippen LogP contribution in [0.3, 0.4) is 0 Å². The zero-order valence-corrected chi connectivity index (χ0v) is 17.9. The van der Waals surface area contributed by atoms with Gasteiger partial charge in [-0.2, -0.15) is 11.3 Å². The van der Waals surface area contributed by atoms with E-state index in [4.69, 9.17) is 0 Å². The molecule has 1 unspecified atom stereocenters. The molecule has 3 amide bonds. The quantitative estimate of drug-likeness (QED) is 0.738. The lowest BCUT2D eigenvalue weighted by molar-refractivity contribution is -0.126. The zero-order chi connectivity index (χ0) is 21.8. The normalized spacial score (nSPS) is 19.6. The summed E-state index contributed by atoms with van der Waals surface area (Å²) >= 11 is 1.52. The van der Waals surface area contributed by atoms with E-state index in [1.807, 2.05) is 21.7 Å². The molecule has 1 aromatic heterocycles. The predicted octanol–water partition coefficient (Wildman–Crippen LogP) is 1.81. The molecule has 0 aliphatic carbocycles. The summed E-state index contributed by atoms with van der Waals surface area (Å²) in [6.07, 6.45) is 0.159. The number of rotatable bonds is 6. The highest BCUT2D eigenvalue weighted by Gasteiger charge is 2.35. The van der Waals surface area contributed by atoms with Crippen LogP contribution < -0.4 is 10.2 Å². The molecule has 31 heavy (non-hydrogen) atoms. The maximum atomic E-state index is 13.1. The molecular formula is C22H25FN4O3S. The summed E-state index contributed by atoms with van der Waals surface area (Å²) in [5, 5.41) is 6.71. The molecule has 1 atom stereocenters. The van der Waals surface area contributed by atoms with Crippen molar-refractivity contribution in [3.63, 3.8) is 0 Å². The van der Waals surface area contributed by atoms with Crippen LogP contribution in [0.2, 0.25) is 0 Å². The highest BCUT2D eigenvalue weighted by Crippen LogP contribution is 2.25. The molecule has 2 saturated heterocycles. The van der Waals surface area contributed by atoms with Crippen molar-refractivity contribution in [2.75, 3.05) is 50.7 Å². The van der Waals surface area contributed by atoms with Gasteiger partial charge in [-0.05, 0) is 35.7 Å². The minimum atomic E-state index is -0.405. The molecule has 2 aromatic rings. The first-order chi connectivity index (χ1) is 15.0. The van der Waals surface area contributed by atoms with Crippen molar-refractivity contribution in [1.82, 2.24) is 15.1 Å². The van der Waals surface area contributed by atoms with Crippen molar-refractivity contribution in [3.05, 3.63) is 52.5 Å². The summed E-state index contributed by atoms with van der Waals surface area (Å²) in [4.78, 5) is 42.8. The second-order valence-electron chi connectivity index (χ2n) is 7.82. The Hall–Kier alpha value is -2.78. The number of carbonyl (C=O) groups is 3. The number of piperazine rings is 1. The Morgan fingerprint density at radius 1 is 1.10 bits per heavy atom. The average Bonchev–Trinajstić information content (AvgIpc) is 3.44. The summed E-state index contributed by atoms with van der Waals surface area (Å²) in [6.45, 7) is 4.39. The highest BCUT2D eigenvalue weighted by molar-refractivity contribution is 7.08. The summed E-state index contributed by atoms with van der Waals surface area (Å²) < 4.78 is 13.1. The monoisotopic (exact) mass is 444 g/mol. The third-order valence-electron chi connectivity index (χ3n) is 5.79. The number of hydrogen-bond donors (Lipinski definition) is 1. The van der Waals surface area contributed by atoms with Gasteiger partial charge in [-0.3, -0.25) is 19.3 Å². The number of nitrogens with one attached hydrogen (secondary N) is 1. The summed E-state index contributed by atoms with van der Waals surface area (Å²) in [5.41, 5.74) is 1.35. The number of hydrogen-bond acceptors (Lipinski definition) is 5. The van der Waals surface area contributed by atoms with Crippen molar-refractivity contribution in [3.8, 4) is 0 Å². The molecular weight excluding hydrogens is 419 g/mol. The van der Waals surface area contributed by atoms with Gasteiger partial charge in [0.2, 0.25) is 11.8 Å². The maximum absolute atomic E-state index is 13.1. The van der Waals surface area contributed by atoms with Gasteiger partial charge in [0, 0.05) is 63.3 Å². The largest absolute Gasteiger partial charge is 0.355 e. The fourth-order valence-corrected chi connectivity index (χ4v) is 4.61. The van der Waals surface area contributed by atoms with E-state index < -0.39 is 5.92 Å². The molecule has 0 bridgehead atoms. The Morgan fingerprint density at radius 3 is 2.52 bits per heavy atom. The first kappa shape index (κ1) is 21.5. The molecule has 1 N–H and O–H groups in total. The summed E-state index contributed by atoms with van der Waals surface area (Å²) in [6, 6.07) is 7.57. The maximum Gasteiger partial charge on any atom is 0.254 e. The van der Waals surface area contributed by atoms with Gasteiger partial charge in [-0.15, -0.1) is 0 Å². The van der Waals surface area contributed by atoms with Gasteiger partial charge in [-0.25, -0.2) is 4.39 Å². The molecule has 2 aliphatic rings. The van der Waals surface area contributed by atoms with E-state index in [0.29, 0.717) is 38.4 Å². The number of thiophene rings is 1. The lowest BCUT2D eigenvalue weighted by atomic mass is 10.1. The second kappa shape index (κ2) is 9.57. The van der Waals surface area contributed by atoms with Crippen LogP contribution in [-0.2, 0) is 9.59 Å². The van der Waals surface area contributed by atoms with Gasteiger partial charge in [0.05, 0.1) is 11.5 Å². The Morgan fingerprint density at radius 2 is 1.84 bits per heavy atom. The number of carbonyl (C=O) groups excluding carboxylic acids is 3. The minimum absolute atomic E-state index is 0.0748. The van der Waals surface area contributed by atoms with E-state index in [2.05, 4.69) is 10.2 Å². The van der Waals surface area contributed by atoms with Crippen LogP contribution >= 0.6 is 11.3 Å². The summed E-state index contributed by atoms with van der Waals surface area (Å²) in [5.74, 6) is -0.952. The van der Waals surface area contributed by atoms with Crippen molar-refractivity contribution in [2.45, 2.75) is 6.42 Å². The van der Waals surface area contributed by atoms with Gasteiger partial charge in [-0.1, -0.05) is 0 Å². The lowest BCUT2D eigenvalue weighted by Crippen LogP contribution is -2.50. The molecule has 3 heterocycles. The molecule has 164 valence electrons. The van der Waals surface area contributed by atoms with E-state index in [9.17, 15) is 18.8 Å². The molecule has 2 fully saturated rings. The average molecular weight is 445 g/mol. The van der Waals surface area contributed by atoms with Crippen LogP contribution in [0.4, 0.5) is 10.1 Å². The minimum Gasteiger partial charge on any atom is -0.355 e. The molecule has 1 aromatic carbocycles. The first-order valence-corrected chi connectivity index (χ1v) is 11.3. The van der Waals surface area contributed by atoms with Crippen LogP contribution in [0.25, 0.3) is 0 Å². The molecule has 0 radical (unpaired) electrons. The highest BCUT2D eigenvalue weighted by atomic mass is 32.1. The third-order valence-corrected chi connectivity index (χ3v) is 6.47. The second-order valence-corrected chi connectivity index (χ2v) is 8.60. The van der Waals surface area contributed by atoms with E-state index in [-0.39, 0.29) is 30.0 Å². The van der Waals surface area contributed by atoms with E-state index in [1.54, 1.807) is 12.1 Å². The van der Waals surface area contributed by atoms with Gasteiger partial charge < -0.3 is 15.1 Å². The zero-order valence-electron chi connectivity index (χ0n) is 17.1. The van der Waals surface area contributed by atoms with Crippen molar-refractivity contribution < 1.29 is 18.8 Å². The van der Waals surface area contributed by atoms with Crippen LogP contribution in [-0.4, -0.2) is 73.3 Å². The standard InChI is InChI=1S/C22H25FN4O3S/c23-18-1-3-19(4-2-18)27-14-17(13-20(27)28)21(29)24-6-7-25-8-10-26(11-9-25)22(30)16-5-12-31-15-16/h1-5,12,15,17H,6-11,13-14H2,(H,24,29). The molecule has 7 nitrogen and oxygen atoms in total. The number of halogens is 1. The fourth-order valence-electron chi connectivity index (χ4n) is 3.98. The van der Waals surface area contributed by atoms with Crippen molar-refractivity contribution in [1.29, 1.82) is 0 Å². The third kappa shape index (κ3) is 5.11. The van der Waals surface area contributed by atoms with Gasteiger partial charge in [0.1, 0.15) is 5.82 Å². The van der Waals surface area contributed by atoms with Gasteiger partial charge in [0.15, 0.2) is 0 Å². The smallest absolute Gasteiger partial charge is 0.254 e. The van der Waals surface area contributed by atoms with Gasteiger partial charge >= 0.3 is 0 Å². The summed E-state index contributed by atoms with van der Waals surface area (Å²) in [7, 11) is 0. The van der Waals surface area contributed by atoms with Crippen LogP contribution in [0.1, 0.15) is 16.8 Å². The number of anilines is 1. The van der Waals surface area contributed by atoms with Crippen LogP contribution in [0, 0.1) is 11.7 Å². The van der Waals surface area contributed by atoms with E-state index in [1.165, 1.54) is 28.4 Å². The Bertz CT molecular complexity index is 927. The molecule has 4 rings (SSSR count). The lowest BCUT2D eigenvalue weighted by Gasteiger charge is -2.34. The number of nitrogens with zero attached hydrogens (tertiary/aromatic N) is 3.